The van der Waals surface area contributed by atoms with Gasteiger partial charge in [0.2, 0.25) is 0 Å². The molecule has 1 heterocycles. The van der Waals surface area contributed by atoms with Crippen molar-refractivity contribution >= 4 is 71.2 Å². The van der Waals surface area contributed by atoms with E-state index in [2.05, 4.69) is 302 Å². The van der Waals surface area contributed by atoms with Crippen LogP contribution in [0.15, 0.2) is 279 Å². The van der Waals surface area contributed by atoms with E-state index in [-0.39, 0.29) is 5.41 Å². The normalized spacial score (nSPS) is 13.7. The molecule has 0 fully saturated rings. The Hall–Kier alpha value is -9.76. The summed E-state index contributed by atoms with van der Waals surface area (Å²) >= 11 is 0. The van der Waals surface area contributed by atoms with E-state index in [0.717, 1.165) is 28.3 Å². The Morgan fingerprint density at radius 2 is 0.833 bits per heavy atom. The lowest BCUT2D eigenvalue weighted by atomic mass is 9.66. The van der Waals surface area contributed by atoms with Crippen LogP contribution in [0, 0.1) is 0 Å². The zero-order valence-corrected chi connectivity index (χ0v) is 43.5. The number of anilines is 3. The average molecular weight is 993 g/mol. The van der Waals surface area contributed by atoms with Crippen LogP contribution < -0.4 is 4.90 Å². The van der Waals surface area contributed by atoms with Crippen LogP contribution in [0.5, 0.6) is 0 Å². The van der Waals surface area contributed by atoms with Crippen molar-refractivity contribution in [3.63, 3.8) is 0 Å². The van der Waals surface area contributed by atoms with Gasteiger partial charge in [-0.1, -0.05) is 250 Å². The maximum Gasteiger partial charge on any atom is 0.0719 e. The predicted octanol–water partition coefficient (Wildman–Crippen LogP) is 20.0. The molecule has 0 spiro atoms. The van der Waals surface area contributed by atoms with Gasteiger partial charge in [0.1, 0.15) is 0 Å². The van der Waals surface area contributed by atoms with Gasteiger partial charge in [-0.05, 0) is 131 Å². The van der Waals surface area contributed by atoms with E-state index in [1.54, 1.807) is 0 Å². The summed E-state index contributed by atoms with van der Waals surface area (Å²) in [4.78, 5) is 2.50. The third-order valence-corrected chi connectivity index (χ3v) is 17.6. The first-order chi connectivity index (χ1) is 38.5. The largest absolute Gasteiger partial charge is 0.310 e. The molecule has 0 radical (unpaired) electrons. The molecule has 0 N–H and O–H groups in total. The molecule has 1 aromatic heterocycles. The van der Waals surface area contributed by atoms with Crippen LogP contribution in [0.2, 0.25) is 0 Å². The smallest absolute Gasteiger partial charge is 0.0719 e. The van der Waals surface area contributed by atoms with Crippen LogP contribution in [0.3, 0.4) is 0 Å². The van der Waals surface area contributed by atoms with Gasteiger partial charge >= 0.3 is 0 Å². The summed E-state index contributed by atoms with van der Waals surface area (Å²) < 4.78 is 2.56. The zero-order chi connectivity index (χ0) is 51.7. The number of rotatable bonds is 7. The van der Waals surface area contributed by atoms with E-state index in [9.17, 15) is 0 Å². The Kier molecular flexibility index (Phi) is 9.63. The molecule has 366 valence electrons. The van der Waals surface area contributed by atoms with Crippen molar-refractivity contribution in [3.05, 3.63) is 312 Å². The quantitative estimate of drug-likeness (QED) is 0.145. The van der Waals surface area contributed by atoms with Crippen molar-refractivity contribution in [3.8, 4) is 39.1 Å². The summed E-state index contributed by atoms with van der Waals surface area (Å²) in [5.74, 6) is 0. The molecule has 2 nitrogen and oxygen atoms in total. The minimum absolute atomic E-state index is 0.160. The molecule has 13 aromatic carbocycles. The summed E-state index contributed by atoms with van der Waals surface area (Å²) in [7, 11) is 0. The molecule has 0 unspecified atom stereocenters. The van der Waals surface area contributed by atoms with E-state index in [0.29, 0.717) is 0 Å². The summed E-state index contributed by atoms with van der Waals surface area (Å²) in [6, 6.07) is 105. The molecule has 0 saturated heterocycles. The predicted molar refractivity (Wildman–Crippen MR) is 328 cm³/mol. The molecule has 0 atom stereocenters. The summed E-state index contributed by atoms with van der Waals surface area (Å²) in [6.07, 6.45) is 0. The van der Waals surface area contributed by atoms with Gasteiger partial charge in [0, 0.05) is 38.3 Å². The highest BCUT2D eigenvalue weighted by atomic mass is 15.1. The van der Waals surface area contributed by atoms with Gasteiger partial charge in [0.05, 0.1) is 27.8 Å². The van der Waals surface area contributed by atoms with Gasteiger partial charge in [-0.2, -0.15) is 0 Å². The minimum atomic E-state index is -0.571. The summed E-state index contributed by atoms with van der Waals surface area (Å²) in [5.41, 5.74) is 21.6. The van der Waals surface area contributed by atoms with Crippen molar-refractivity contribution in [2.75, 3.05) is 4.90 Å². The maximum atomic E-state index is 2.56. The molecule has 0 saturated carbocycles. The van der Waals surface area contributed by atoms with Crippen molar-refractivity contribution < 1.29 is 0 Å². The lowest BCUT2D eigenvalue weighted by Crippen LogP contribution is -2.29. The molecular formula is C76H52N2. The molecule has 2 heteroatoms. The standard InChI is InChI=1S/C76H52N2/c1-75(2)66-38-16-13-31-57(66)59-44-42-53(47-68(59)75)77(69-41-19-24-49-22-9-11-29-55(49)69)54-43-45-61-60-33-15-18-40-70(60)78(72(61)48-54)71-46-50-23-10-12-30-56(50)73-62(34-20-37-65(71)73)64-36-21-35-63-58-32-14-17-39-67(58)76(74(63)64,51-25-5-3-6-26-51)52-27-7-4-8-28-52/h3-48H,1-2H3. The van der Waals surface area contributed by atoms with Crippen LogP contribution in [0.25, 0.3) is 93.2 Å². The number of benzene rings is 13. The van der Waals surface area contributed by atoms with E-state index < -0.39 is 5.41 Å². The van der Waals surface area contributed by atoms with E-state index >= 15 is 0 Å². The maximum absolute atomic E-state index is 2.56. The van der Waals surface area contributed by atoms with E-state index in [1.165, 1.54) is 115 Å². The van der Waals surface area contributed by atoms with Crippen LogP contribution in [-0.2, 0) is 10.8 Å². The number of nitrogens with zero attached hydrogens (tertiary/aromatic N) is 2. The number of hydrogen-bond acceptors (Lipinski definition) is 1. The second-order valence-corrected chi connectivity index (χ2v) is 21.9. The zero-order valence-electron chi connectivity index (χ0n) is 43.5. The first-order valence-corrected chi connectivity index (χ1v) is 27.3. The third kappa shape index (κ3) is 6.20. The SMILES string of the molecule is CC1(C)c2ccccc2-c2ccc(N(c3ccc4c5ccccc5n(-c5cc6ccccc6c6c(-c7cccc8c7C(c7ccccc7)(c7ccccc7)c7ccccc7-8)cccc56)c4c3)c3cccc4ccccc34)cc21. The molecule has 0 aliphatic heterocycles. The molecule has 16 rings (SSSR count). The van der Waals surface area contributed by atoms with Gasteiger partial charge in [-0.3, -0.25) is 0 Å². The molecule has 2 aliphatic carbocycles. The fourth-order valence-corrected chi connectivity index (χ4v) is 14.3. The topological polar surface area (TPSA) is 8.17 Å². The van der Waals surface area contributed by atoms with Crippen LogP contribution in [0.1, 0.15) is 47.2 Å². The van der Waals surface area contributed by atoms with Crippen molar-refractivity contribution in [2.24, 2.45) is 0 Å². The molecule has 78 heavy (non-hydrogen) atoms. The summed E-state index contributed by atoms with van der Waals surface area (Å²) in [5, 5.41) is 9.71. The highest BCUT2D eigenvalue weighted by Gasteiger charge is 2.47. The number of hydrogen-bond donors (Lipinski definition) is 0. The van der Waals surface area contributed by atoms with E-state index in [4.69, 9.17) is 0 Å². The van der Waals surface area contributed by atoms with Crippen molar-refractivity contribution in [1.82, 2.24) is 4.57 Å². The van der Waals surface area contributed by atoms with Gasteiger partial charge < -0.3 is 9.47 Å². The molecular weight excluding hydrogens is 941 g/mol. The first-order valence-electron chi connectivity index (χ1n) is 27.3. The first kappa shape index (κ1) is 44.5. The third-order valence-electron chi connectivity index (χ3n) is 17.6. The Morgan fingerprint density at radius 1 is 0.321 bits per heavy atom. The van der Waals surface area contributed by atoms with Crippen LogP contribution in [0.4, 0.5) is 17.1 Å². The fourth-order valence-electron chi connectivity index (χ4n) is 14.3. The monoisotopic (exact) mass is 992 g/mol. The van der Waals surface area contributed by atoms with Gasteiger partial charge in [-0.25, -0.2) is 0 Å². The highest BCUT2D eigenvalue weighted by Crippen LogP contribution is 2.60. The molecule has 14 aromatic rings. The lowest BCUT2D eigenvalue weighted by molar-refractivity contribution is 0.660. The molecule has 2 aliphatic rings. The summed E-state index contributed by atoms with van der Waals surface area (Å²) in [6.45, 7) is 4.75. The van der Waals surface area contributed by atoms with Crippen molar-refractivity contribution in [1.29, 1.82) is 0 Å². The molecule has 0 bridgehead atoms. The van der Waals surface area contributed by atoms with Gasteiger partial charge in [0.15, 0.2) is 0 Å². The fraction of sp³-hybridized carbons (Fsp3) is 0.0526. The highest BCUT2D eigenvalue weighted by molar-refractivity contribution is 6.20. The van der Waals surface area contributed by atoms with Gasteiger partial charge in [0.25, 0.3) is 0 Å². The Balaban J connectivity index is 0.972. The Labute approximate surface area is 454 Å². The average Bonchev–Trinajstić information content (AvgIpc) is 3.92. The minimum Gasteiger partial charge on any atom is -0.310 e. The lowest BCUT2D eigenvalue weighted by Gasteiger charge is -2.35. The second kappa shape index (κ2) is 16.9. The van der Waals surface area contributed by atoms with Crippen LogP contribution >= 0.6 is 0 Å². The Morgan fingerprint density at radius 3 is 1.62 bits per heavy atom. The second-order valence-electron chi connectivity index (χ2n) is 21.9. The number of aromatic nitrogens is 1. The van der Waals surface area contributed by atoms with E-state index in [1.807, 2.05) is 0 Å². The van der Waals surface area contributed by atoms with Crippen molar-refractivity contribution in [2.45, 2.75) is 24.7 Å². The Bertz CT molecular complexity index is 4730. The number of fused-ring (bicyclic) bond motifs is 13. The molecule has 0 amide bonds. The van der Waals surface area contributed by atoms with Crippen LogP contribution in [-0.4, -0.2) is 4.57 Å². The van der Waals surface area contributed by atoms with Gasteiger partial charge in [-0.15, -0.1) is 0 Å². The number of para-hydroxylation sites is 1.